The van der Waals surface area contributed by atoms with E-state index in [0.29, 0.717) is 6.42 Å². The minimum absolute atomic E-state index is 0.0711. The maximum atomic E-state index is 12.2. The van der Waals surface area contributed by atoms with Crippen molar-refractivity contribution >= 4 is 5.91 Å². The average molecular weight is 256 g/mol. The Morgan fingerprint density at radius 1 is 1.37 bits per heavy atom. The third kappa shape index (κ3) is 2.78. The SMILES string of the molecule is Cc1ccc(CCC(=O)N(C)C2(C#N)CCC2)cc1. The highest BCUT2D eigenvalue weighted by molar-refractivity contribution is 5.77. The summed E-state index contributed by atoms with van der Waals surface area (Å²) in [5.41, 5.74) is 1.88. The molecule has 0 unspecified atom stereocenters. The summed E-state index contributed by atoms with van der Waals surface area (Å²) in [5, 5.41) is 9.23. The number of rotatable bonds is 4. The molecule has 0 aromatic heterocycles. The number of aryl methyl sites for hydroxylation is 2. The van der Waals surface area contributed by atoms with Crippen LogP contribution in [0.25, 0.3) is 0 Å². The smallest absolute Gasteiger partial charge is 0.223 e. The van der Waals surface area contributed by atoms with Crippen molar-refractivity contribution in [2.45, 2.75) is 44.6 Å². The van der Waals surface area contributed by atoms with Gasteiger partial charge in [0.1, 0.15) is 5.54 Å². The Kier molecular flexibility index (Phi) is 3.90. The first-order valence-electron chi connectivity index (χ1n) is 6.81. The van der Waals surface area contributed by atoms with E-state index in [0.717, 1.165) is 25.7 Å². The van der Waals surface area contributed by atoms with Crippen molar-refractivity contribution in [1.29, 1.82) is 5.26 Å². The molecule has 19 heavy (non-hydrogen) atoms. The zero-order valence-electron chi connectivity index (χ0n) is 11.6. The Morgan fingerprint density at radius 3 is 2.47 bits per heavy atom. The number of hydrogen-bond donors (Lipinski definition) is 0. The molecule has 1 aromatic carbocycles. The van der Waals surface area contributed by atoms with E-state index < -0.39 is 5.54 Å². The summed E-state index contributed by atoms with van der Waals surface area (Å²) in [5.74, 6) is 0.0711. The molecule has 3 nitrogen and oxygen atoms in total. The number of carbonyl (C=O) groups excluding carboxylic acids is 1. The maximum absolute atomic E-state index is 12.2. The Hall–Kier alpha value is -1.82. The van der Waals surface area contributed by atoms with Gasteiger partial charge in [-0.3, -0.25) is 4.79 Å². The zero-order chi connectivity index (χ0) is 13.9. The van der Waals surface area contributed by atoms with Crippen LogP contribution in [0.15, 0.2) is 24.3 Å². The van der Waals surface area contributed by atoms with Crippen LogP contribution in [0, 0.1) is 18.3 Å². The third-order valence-corrected chi connectivity index (χ3v) is 4.15. The van der Waals surface area contributed by atoms with Gasteiger partial charge in [-0.1, -0.05) is 29.8 Å². The van der Waals surface area contributed by atoms with Gasteiger partial charge in [0.05, 0.1) is 6.07 Å². The first-order chi connectivity index (χ1) is 9.07. The molecule has 1 amide bonds. The van der Waals surface area contributed by atoms with Gasteiger partial charge in [-0.15, -0.1) is 0 Å². The highest BCUT2D eigenvalue weighted by atomic mass is 16.2. The van der Waals surface area contributed by atoms with Crippen LogP contribution in [0.2, 0.25) is 0 Å². The summed E-state index contributed by atoms with van der Waals surface area (Å²) in [6.07, 6.45) is 3.89. The molecule has 0 atom stereocenters. The van der Waals surface area contributed by atoms with Crippen molar-refractivity contribution in [1.82, 2.24) is 4.90 Å². The van der Waals surface area contributed by atoms with Gasteiger partial charge >= 0.3 is 0 Å². The number of carbonyl (C=O) groups is 1. The second kappa shape index (κ2) is 5.44. The van der Waals surface area contributed by atoms with E-state index in [1.165, 1.54) is 11.1 Å². The molecular weight excluding hydrogens is 236 g/mol. The van der Waals surface area contributed by atoms with E-state index in [4.69, 9.17) is 0 Å². The molecule has 0 N–H and O–H groups in total. The molecule has 2 rings (SSSR count). The molecule has 0 radical (unpaired) electrons. The molecule has 1 fully saturated rings. The van der Waals surface area contributed by atoms with Crippen molar-refractivity contribution in [3.63, 3.8) is 0 Å². The van der Waals surface area contributed by atoms with Gasteiger partial charge in [0.15, 0.2) is 0 Å². The summed E-state index contributed by atoms with van der Waals surface area (Å²) in [4.78, 5) is 13.8. The molecule has 1 aliphatic carbocycles. The predicted octanol–water partition coefficient (Wildman–Crippen LogP) is 2.83. The first-order valence-corrected chi connectivity index (χ1v) is 6.81. The average Bonchev–Trinajstić information content (AvgIpc) is 2.37. The molecule has 0 aliphatic heterocycles. The Balaban J connectivity index is 1.91. The van der Waals surface area contributed by atoms with E-state index in [-0.39, 0.29) is 5.91 Å². The molecule has 100 valence electrons. The van der Waals surface area contributed by atoms with Gasteiger partial charge in [-0.2, -0.15) is 5.26 Å². The van der Waals surface area contributed by atoms with Gasteiger partial charge in [0, 0.05) is 13.5 Å². The fourth-order valence-corrected chi connectivity index (χ4v) is 2.45. The van der Waals surface area contributed by atoms with Crippen molar-refractivity contribution in [3.8, 4) is 6.07 Å². The van der Waals surface area contributed by atoms with Gasteiger partial charge in [0.25, 0.3) is 0 Å². The highest BCUT2D eigenvalue weighted by Gasteiger charge is 2.43. The van der Waals surface area contributed by atoms with Crippen molar-refractivity contribution in [2.75, 3.05) is 7.05 Å². The fourth-order valence-electron chi connectivity index (χ4n) is 2.45. The summed E-state index contributed by atoms with van der Waals surface area (Å²) in [7, 11) is 1.76. The van der Waals surface area contributed by atoms with Gasteiger partial charge in [-0.05, 0) is 38.2 Å². The summed E-state index contributed by atoms with van der Waals surface area (Å²) < 4.78 is 0. The van der Waals surface area contributed by atoms with Crippen LogP contribution < -0.4 is 0 Å². The van der Waals surface area contributed by atoms with E-state index >= 15 is 0 Å². The lowest BCUT2D eigenvalue weighted by Gasteiger charge is -2.43. The second-order valence-electron chi connectivity index (χ2n) is 5.44. The molecule has 0 bridgehead atoms. The largest absolute Gasteiger partial charge is 0.327 e. The maximum Gasteiger partial charge on any atom is 0.223 e. The molecule has 1 aliphatic rings. The number of nitriles is 1. The molecular formula is C16H20N2O. The van der Waals surface area contributed by atoms with E-state index in [2.05, 4.69) is 37.3 Å². The molecule has 1 saturated carbocycles. The van der Waals surface area contributed by atoms with Crippen LogP contribution in [0.5, 0.6) is 0 Å². The van der Waals surface area contributed by atoms with E-state index in [1.807, 2.05) is 0 Å². The summed E-state index contributed by atoms with van der Waals surface area (Å²) in [6.45, 7) is 2.05. The van der Waals surface area contributed by atoms with Crippen LogP contribution in [0.3, 0.4) is 0 Å². The number of amides is 1. The van der Waals surface area contributed by atoms with Crippen LogP contribution in [-0.4, -0.2) is 23.4 Å². The first kappa shape index (κ1) is 13.6. The standard InChI is InChI=1S/C16H20N2O/c1-13-4-6-14(7-5-13)8-9-15(19)18(2)16(12-17)10-3-11-16/h4-7H,3,8-11H2,1-2H3. The topological polar surface area (TPSA) is 44.1 Å². The quantitative estimate of drug-likeness (QED) is 0.831. The minimum atomic E-state index is -0.523. The molecule has 0 spiro atoms. The van der Waals surface area contributed by atoms with Crippen molar-refractivity contribution < 1.29 is 4.79 Å². The number of nitrogens with zero attached hydrogens (tertiary/aromatic N) is 2. The Bertz CT molecular complexity index is 494. The van der Waals surface area contributed by atoms with Crippen LogP contribution in [-0.2, 0) is 11.2 Å². The monoisotopic (exact) mass is 256 g/mol. The van der Waals surface area contributed by atoms with Crippen LogP contribution >= 0.6 is 0 Å². The number of hydrogen-bond acceptors (Lipinski definition) is 2. The Morgan fingerprint density at radius 2 is 2.00 bits per heavy atom. The van der Waals surface area contributed by atoms with Crippen molar-refractivity contribution in [3.05, 3.63) is 35.4 Å². The van der Waals surface area contributed by atoms with Gasteiger partial charge < -0.3 is 4.90 Å². The lowest BCUT2D eigenvalue weighted by molar-refractivity contribution is -0.136. The van der Waals surface area contributed by atoms with Crippen LogP contribution in [0.4, 0.5) is 0 Å². The van der Waals surface area contributed by atoms with Crippen molar-refractivity contribution in [2.24, 2.45) is 0 Å². The zero-order valence-corrected chi connectivity index (χ0v) is 11.6. The lowest BCUT2D eigenvalue weighted by Crippen LogP contribution is -2.53. The third-order valence-electron chi connectivity index (χ3n) is 4.15. The summed E-state index contributed by atoms with van der Waals surface area (Å²) in [6, 6.07) is 10.6. The van der Waals surface area contributed by atoms with Gasteiger partial charge in [-0.25, -0.2) is 0 Å². The van der Waals surface area contributed by atoms with Crippen LogP contribution in [0.1, 0.15) is 36.8 Å². The normalized spacial score (nSPS) is 16.3. The summed E-state index contributed by atoms with van der Waals surface area (Å²) >= 11 is 0. The lowest BCUT2D eigenvalue weighted by atomic mass is 9.76. The molecule has 0 saturated heterocycles. The fraction of sp³-hybridized carbons (Fsp3) is 0.500. The highest BCUT2D eigenvalue weighted by Crippen LogP contribution is 2.36. The molecule has 3 heteroatoms. The van der Waals surface area contributed by atoms with E-state index in [9.17, 15) is 10.1 Å². The minimum Gasteiger partial charge on any atom is -0.327 e. The molecule has 1 aromatic rings. The number of benzene rings is 1. The molecule has 0 heterocycles. The van der Waals surface area contributed by atoms with Gasteiger partial charge in [0.2, 0.25) is 5.91 Å². The Labute approximate surface area is 114 Å². The predicted molar refractivity (Wildman–Crippen MR) is 74.5 cm³/mol. The van der Waals surface area contributed by atoms with E-state index in [1.54, 1.807) is 11.9 Å². The second-order valence-corrected chi connectivity index (χ2v) is 5.44.